The second kappa shape index (κ2) is 16.5. The molecule has 0 saturated heterocycles. The van der Waals surface area contributed by atoms with Gasteiger partial charge in [-0.1, -0.05) is 0 Å². The fraction of sp³-hybridized carbons (Fsp3) is 0. The maximum absolute atomic E-state index is 8.62. The minimum atomic E-state index is -1.09. The first-order valence-electron chi connectivity index (χ1n) is 10.5. The van der Waals surface area contributed by atoms with Gasteiger partial charge in [0.05, 0.1) is 0 Å². The highest BCUT2D eigenvalue weighted by Gasteiger charge is 2.53. The van der Waals surface area contributed by atoms with Gasteiger partial charge >= 0.3 is 0 Å². The molecule has 0 saturated carbocycles. The van der Waals surface area contributed by atoms with Crippen molar-refractivity contribution in [3.63, 3.8) is 0 Å². The predicted octanol–water partition coefficient (Wildman–Crippen LogP) is -11.0. The van der Waals surface area contributed by atoms with E-state index in [9.17, 15) is 0 Å². The zero-order chi connectivity index (χ0) is 26.4. The minimum absolute atomic E-state index is 0.804. The standard InChI is InChI=1S/B30HIN/c1-16-24(17(2)3)28(25(18(4)5)19(6)7)30(32-31)29(26(20(8)9)21(10)11)27(22(12)13)23(14)15/h32H/i/hT. The van der Waals surface area contributed by atoms with Gasteiger partial charge < -0.3 is 3.43 Å². The topological polar surface area (TPSA) is 12.0 Å². The lowest BCUT2D eigenvalue weighted by atomic mass is 8.36. The zero-order valence-corrected chi connectivity index (χ0v) is 20.3. The van der Waals surface area contributed by atoms with Crippen LogP contribution in [0.4, 0.5) is 0 Å². The summed E-state index contributed by atoms with van der Waals surface area (Å²) in [6.45, 7) is -0.970. The molecule has 0 aromatic heterocycles. The molecular formula is HB30IN. The van der Waals surface area contributed by atoms with Crippen LogP contribution in [0.25, 0.3) is 0 Å². The van der Waals surface area contributed by atoms with Gasteiger partial charge in [0.2, 0.25) is 0 Å². The Morgan fingerprint density at radius 1 is 0.500 bits per heavy atom. The number of nitrogens with one attached hydrogen (secondary N) is 1. The lowest BCUT2D eigenvalue weighted by molar-refractivity contribution is 1.79. The second-order valence-corrected chi connectivity index (χ2v) is 8.84. The van der Waals surface area contributed by atoms with Gasteiger partial charge in [0.25, 0.3) is 0 Å². The number of hydrogen-bond acceptors (Lipinski definition) is 1. The zero-order valence-electron chi connectivity index (χ0n) is 19.1. The van der Waals surface area contributed by atoms with E-state index in [-0.39, 0.29) is 0 Å². The molecule has 32 heteroatoms. The highest BCUT2D eigenvalue weighted by molar-refractivity contribution is 14.1. The smallest absolute Gasteiger partial charge is 0.129 e. The summed E-state index contributed by atoms with van der Waals surface area (Å²) in [7, 11) is 92.1. The third-order valence-corrected chi connectivity index (χ3v) is 6.66. The van der Waals surface area contributed by atoms with Crippen LogP contribution in [0.1, 0.15) is 0 Å². The van der Waals surface area contributed by atoms with E-state index in [0.717, 1.165) is 3.43 Å². The quantitative estimate of drug-likeness (QED) is 0.143. The Labute approximate surface area is 238 Å². The molecule has 32 heavy (non-hydrogen) atoms. The van der Waals surface area contributed by atoms with Crippen molar-refractivity contribution in [1.29, 1.82) is 0 Å². The summed E-state index contributed by atoms with van der Waals surface area (Å²) in [6, 6.07) is 0. The van der Waals surface area contributed by atoms with Crippen molar-refractivity contribution < 1.29 is 1.41 Å². The van der Waals surface area contributed by atoms with E-state index in [2.05, 4.69) is 0 Å². The van der Waals surface area contributed by atoms with Crippen LogP contribution < -0.4 is 3.43 Å². The van der Waals surface area contributed by atoms with Crippen molar-refractivity contribution >= 4 is 236 Å². The maximum atomic E-state index is 8.62. The minimum Gasteiger partial charge on any atom is -0.319 e. The molecule has 0 aromatic rings. The Balaban J connectivity index is 7.33. The summed E-state index contributed by atoms with van der Waals surface area (Å²) in [4.78, 5) is 0. The van der Waals surface area contributed by atoms with Crippen LogP contribution in [0, 0.1) is 0 Å². The molecule has 1 N–H and O–H groups in total. The average Bonchev–Trinajstić information content (AvgIpc) is 2.59. The molecule has 0 rings (SSSR count). The third kappa shape index (κ3) is 9.50. The Morgan fingerprint density at radius 3 is 0.969 bits per heavy atom. The van der Waals surface area contributed by atoms with Crippen molar-refractivity contribution in [3.8, 4) is 0 Å². The monoisotopic (exact) mass is 474 g/mol. The summed E-state index contributed by atoms with van der Waals surface area (Å²) in [6.07, 6.45) is -12.7. The van der Waals surface area contributed by atoms with Crippen molar-refractivity contribution in [1.82, 2.24) is 3.43 Å². The molecule has 0 amide bonds. The Morgan fingerprint density at radius 2 is 0.781 bits per heavy atom. The van der Waals surface area contributed by atoms with Gasteiger partial charge in [-0.25, -0.2) is 0 Å². The van der Waals surface area contributed by atoms with Crippen molar-refractivity contribution in [2.75, 3.05) is 0 Å². The van der Waals surface area contributed by atoms with Crippen molar-refractivity contribution in [2.24, 2.45) is 0 Å². The molecule has 0 bridgehead atoms. The van der Waals surface area contributed by atoms with Crippen LogP contribution in [-0.4, -0.2) is 213 Å². The predicted molar refractivity (Wildman–Crippen MR) is 190 cm³/mol. The Bertz CT molecular complexity index is 467. The molecule has 0 aliphatic carbocycles. The first-order chi connectivity index (χ1) is 15.0. The molecule has 0 aliphatic rings. The van der Waals surface area contributed by atoms with Gasteiger partial charge in [-0.2, -0.15) is 0 Å². The summed E-state index contributed by atoms with van der Waals surface area (Å²) >= 11 is 1.72. The van der Waals surface area contributed by atoms with Gasteiger partial charge in [-0.3, -0.25) is 0 Å². The van der Waals surface area contributed by atoms with Gasteiger partial charge in [-0.15, -0.1) is 0 Å². The summed E-state index contributed by atoms with van der Waals surface area (Å²) in [5, 5.41) is 0. The summed E-state index contributed by atoms with van der Waals surface area (Å²) in [5.41, 5.74) is 0. The SMILES string of the molecule is [3H]N(I)B(B(B([B][B])B([B])[B])B(B([B])[B])B([B])[B])B(B(B([B])[B])B([B])[B])B(B([B])[B])B([B])[B]. The molecule has 0 fully saturated rings. The van der Waals surface area contributed by atoms with Crippen molar-refractivity contribution in [3.05, 3.63) is 0 Å². The first kappa shape index (κ1) is 32.7. The van der Waals surface area contributed by atoms with E-state index in [1.807, 2.05) is 0 Å². The van der Waals surface area contributed by atoms with E-state index in [1.54, 1.807) is 22.9 Å². The van der Waals surface area contributed by atoms with Crippen LogP contribution in [0.2, 0.25) is 1.41 Å². The van der Waals surface area contributed by atoms with Crippen LogP contribution in [-0.2, 0) is 0 Å². The van der Waals surface area contributed by atoms with Gasteiger partial charge in [-0.05, 0) is 0 Å². The molecule has 1 nitrogen and oxygen atoms in total. The molecule has 31 radical (unpaired) electrons. The number of hydrogen-bond donors (Lipinski definition) is 1. The maximum Gasteiger partial charge on any atom is 0.129 e. The third-order valence-electron chi connectivity index (χ3n) is 6.01. The lowest BCUT2D eigenvalue weighted by Gasteiger charge is -2.48. The molecule has 0 spiro atoms. The molecule has 0 unspecified atom stereocenters. The first-order valence-corrected chi connectivity index (χ1v) is 11.1. The molecular weight excluding hydrogens is 465 g/mol. The number of halogens is 1. The van der Waals surface area contributed by atoms with Gasteiger partial charge in [0.1, 0.15) is 8.04 Å². The second-order valence-electron chi connectivity index (χ2n) is 8.29. The summed E-state index contributed by atoms with van der Waals surface area (Å²) < 4.78 is 9.68. The van der Waals surface area contributed by atoms with E-state index in [1.165, 1.54) is 7.06 Å². The highest BCUT2D eigenvalue weighted by Crippen LogP contribution is 2.13. The van der Waals surface area contributed by atoms with Gasteiger partial charge in [0.15, 0.2) is 0 Å². The van der Waals surface area contributed by atoms with E-state index in [0.29, 0.717) is 0 Å². The lowest BCUT2D eigenvalue weighted by Crippen LogP contribution is -2.88. The fourth-order valence-corrected chi connectivity index (χ4v) is 5.38. The highest BCUT2D eigenvalue weighted by atomic mass is 127. The van der Waals surface area contributed by atoms with Crippen LogP contribution in [0.3, 0.4) is 0 Å². The molecule has 0 heterocycles. The van der Waals surface area contributed by atoms with E-state index < -0.39 is 89.6 Å². The Kier molecular flexibility index (Phi) is 16.8. The van der Waals surface area contributed by atoms with E-state index in [4.69, 9.17) is 117 Å². The van der Waals surface area contributed by atoms with Crippen molar-refractivity contribution in [2.45, 2.75) is 0 Å². The normalized spacial score (nSPS) is 10.1. The van der Waals surface area contributed by atoms with E-state index >= 15 is 0 Å². The molecule has 0 aromatic carbocycles. The Hall–Kier alpha value is 2.64. The van der Waals surface area contributed by atoms with Crippen LogP contribution in [0.5, 0.6) is 0 Å². The largest absolute Gasteiger partial charge is 0.319 e. The summed E-state index contributed by atoms with van der Waals surface area (Å²) in [5.74, 6) is 0. The average molecular weight is 468 g/mol. The molecule has 103 valence electrons. The number of rotatable bonds is 15. The molecule has 0 atom stereocenters. The van der Waals surface area contributed by atoms with Crippen LogP contribution in [0.15, 0.2) is 0 Å². The fourth-order valence-electron chi connectivity index (χ4n) is 4.63. The van der Waals surface area contributed by atoms with Gasteiger partial charge in [0, 0.05) is 229 Å². The van der Waals surface area contributed by atoms with Crippen LogP contribution >= 0.6 is 22.9 Å². The molecule has 0 aliphatic heterocycles.